The normalized spacial score (nSPS) is 10.2. The molecule has 0 saturated heterocycles. The van der Waals surface area contributed by atoms with Crippen LogP contribution in [0.2, 0.25) is 0 Å². The molecule has 2 aromatic rings. The van der Waals surface area contributed by atoms with E-state index in [1.807, 2.05) is 6.07 Å². The van der Waals surface area contributed by atoms with Gasteiger partial charge >= 0.3 is 6.01 Å². The molecule has 0 amide bonds. The molecule has 0 bridgehead atoms. The molecule has 0 radical (unpaired) electrons. The Balaban J connectivity index is 2.26. The minimum Gasteiger partial charge on any atom is -0.467 e. The molecule has 3 heteroatoms. The standard InChI is InChI=1S/C14H16N2O/c1-3-4-11-5-7-12(8-6-11)13-9-10-15-14(16-13)17-2/h5-10H,3-4H2,1-2H3. The van der Waals surface area contributed by atoms with E-state index in [2.05, 4.69) is 41.2 Å². The molecule has 0 aliphatic rings. The second kappa shape index (κ2) is 5.43. The van der Waals surface area contributed by atoms with Crippen LogP contribution in [0.1, 0.15) is 18.9 Å². The summed E-state index contributed by atoms with van der Waals surface area (Å²) in [6.07, 6.45) is 4.00. The molecule has 88 valence electrons. The van der Waals surface area contributed by atoms with Gasteiger partial charge in [0.05, 0.1) is 12.8 Å². The van der Waals surface area contributed by atoms with E-state index in [1.165, 1.54) is 12.0 Å². The van der Waals surface area contributed by atoms with Crippen LogP contribution in [0.4, 0.5) is 0 Å². The fraction of sp³-hybridized carbons (Fsp3) is 0.286. The van der Waals surface area contributed by atoms with Crippen LogP contribution in [0.3, 0.4) is 0 Å². The second-order valence-corrected chi connectivity index (χ2v) is 3.88. The summed E-state index contributed by atoms with van der Waals surface area (Å²) in [5.74, 6) is 0. The predicted octanol–water partition coefficient (Wildman–Crippen LogP) is 3.10. The largest absolute Gasteiger partial charge is 0.467 e. The van der Waals surface area contributed by atoms with Gasteiger partial charge in [-0.1, -0.05) is 37.6 Å². The van der Waals surface area contributed by atoms with E-state index < -0.39 is 0 Å². The summed E-state index contributed by atoms with van der Waals surface area (Å²) < 4.78 is 5.02. The maximum absolute atomic E-state index is 5.02. The van der Waals surface area contributed by atoms with Gasteiger partial charge in [0.1, 0.15) is 0 Å². The minimum atomic E-state index is 0.403. The molecule has 0 spiro atoms. The number of rotatable bonds is 4. The van der Waals surface area contributed by atoms with Crippen LogP contribution in [0.15, 0.2) is 36.5 Å². The van der Waals surface area contributed by atoms with Gasteiger partial charge in [-0.05, 0) is 18.1 Å². The van der Waals surface area contributed by atoms with Crippen molar-refractivity contribution in [3.63, 3.8) is 0 Å². The number of methoxy groups -OCH3 is 1. The SMILES string of the molecule is CCCc1ccc(-c2ccnc(OC)n2)cc1. The molecular formula is C14H16N2O. The Hall–Kier alpha value is -1.90. The molecule has 0 atom stereocenters. The Morgan fingerprint density at radius 1 is 1.12 bits per heavy atom. The van der Waals surface area contributed by atoms with Gasteiger partial charge in [-0.2, -0.15) is 4.98 Å². The van der Waals surface area contributed by atoms with E-state index in [0.717, 1.165) is 17.7 Å². The highest BCUT2D eigenvalue weighted by atomic mass is 16.5. The van der Waals surface area contributed by atoms with Crippen molar-refractivity contribution in [2.75, 3.05) is 7.11 Å². The third kappa shape index (κ3) is 2.81. The highest BCUT2D eigenvalue weighted by Gasteiger charge is 2.02. The lowest BCUT2D eigenvalue weighted by atomic mass is 10.1. The molecule has 1 aromatic heterocycles. The first-order chi connectivity index (χ1) is 8.33. The maximum atomic E-state index is 5.02. The molecule has 3 nitrogen and oxygen atoms in total. The highest BCUT2D eigenvalue weighted by Crippen LogP contribution is 2.19. The topological polar surface area (TPSA) is 35.0 Å². The van der Waals surface area contributed by atoms with Gasteiger partial charge in [0.15, 0.2) is 0 Å². The predicted molar refractivity (Wildman–Crippen MR) is 68.0 cm³/mol. The van der Waals surface area contributed by atoms with Crippen LogP contribution in [-0.4, -0.2) is 17.1 Å². The Kier molecular flexibility index (Phi) is 3.70. The van der Waals surface area contributed by atoms with Gasteiger partial charge in [-0.3, -0.25) is 0 Å². The van der Waals surface area contributed by atoms with E-state index in [4.69, 9.17) is 4.74 Å². The molecule has 0 saturated carbocycles. The Morgan fingerprint density at radius 2 is 1.88 bits per heavy atom. The summed E-state index contributed by atoms with van der Waals surface area (Å²) in [6, 6.07) is 10.8. The smallest absolute Gasteiger partial charge is 0.316 e. The van der Waals surface area contributed by atoms with E-state index in [-0.39, 0.29) is 0 Å². The molecule has 0 unspecified atom stereocenters. The summed E-state index contributed by atoms with van der Waals surface area (Å²) in [5, 5.41) is 0. The molecule has 2 rings (SSSR count). The van der Waals surface area contributed by atoms with E-state index in [9.17, 15) is 0 Å². The van der Waals surface area contributed by atoms with Crippen LogP contribution >= 0.6 is 0 Å². The second-order valence-electron chi connectivity index (χ2n) is 3.88. The molecule has 1 heterocycles. The number of aryl methyl sites for hydroxylation is 1. The number of nitrogens with zero attached hydrogens (tertiary/aromatic N) is 2. The Bertz CT molecular complexity index is 480. The van der Waals surface area contributed by atoms with Gasteiger partial charge in [-0.15, -0.1) is 0 Å². The summed E-state index contributed by atoms with van der Waals surface area (Å²) >= 11 is 0. The number of aromatic nitrogens is 2. The third-order valence-electron chi connectivity index (χ3n) is 2.60. The van der Waals surface area contributed by atoms with Crippen LogP contribution in [0.25, 0.3) is 11.3 Å². The van der Waals surface area contributed by atoms with Crippen molar-refractivity contribution in [3.05, 3.63) is 42.1 Å². The molecule has 0 aliphatic carbocycles. The highest BCUT2D eigenvalue weighted by molar-refractivity contribution is 5.59. The van der Waals surface area contributed by atoms with Gasteiger partial charge < -0.3 is 4.74 Å². The van der Waals surface area contributed by atoms with Crippen molar-refractivity contribution in [2.45, 2.75) is 19.8 Å². The van der Waals surface area contributed by atoms with Crippen molar-refractivity contribution in [1.29, 1.82) is 0 Å². The first-order valence-electron chi connectivity index (χ1n) is 5.80. The fourth-order valence-electron chi connectivity index (χ4n) is 1.73. The summed E-state index contributed by atoms with van der Waals surface area (Å²) in [4.78, 5) is 8.30. The van der Waals surface area contributed by atoms with Crippen molar-refractivity contribution in [3.8, 4) is 17.3 Å². The Morgan fingerprint density at radius 3 is 2.53 bits per heavy atom. The molecule has 0 N–H and O–H groups in total. The lowest BCUT2D eigenvalue weighted by molar-refractivity contribution is 0.380. The molecule has 1 aromatic carbocycles. The Labute approximate surface area is 102 Å². The van der Waals surface area contributed by atoms with Gasteiger partial charge in [0, 0.05) is 11.8 Å². The molecule has 0 fully saturated rings. The van der Waals surface area contributed by atoms with E-state index in [0.29, 0.717) is 6.01 Å². The van der Waals surface area contributed by atoms with Crippen LogP contribution in [0, 0.1) is 0 Å². The van der Waals surface area contributed by atoms with Gasteiger partial charge in [0.2, 0.25) is 0 Å². The van der Waals surface area contributed by atoms with Crippen molar-refractivity contribution in [2.24, 2.45) is 0 Å². The zero-order valence-corrected chi connectivity index (χ0v) is 10.2. The number of benzene rings is 1. The average molecular weight is 228 g/mol. The summed E-state index contributed by atoms with van der Waals surface area (Å²) in [5.41, 5.74) is 3.34. The first kappa shape index (κ1) is 11.6. The summed E-state index contributed by atoms with van der Waals surface area (Å²) in [6.45, 7) is 2.18. The first-order valence-corrected chi connectivity index (χ1v) is 5.80. The lowest BCUT2D eigenvalue weighted by Crippen LogP contribution is -1.93. The number of ether oxygens (including phenoxy) is 1. The van der Waals surface area contributed by atoms with Crippen LogP contribution in [-0.2, 0) is 6.42 Å². The third-order valence-corrected chi connectivity index (χ3v) is 2.60. The van der Waals surface area contributed by atoms with E-state index in [1.54, 1.807) is 13.3 Å². The quantitative estimate of drug-likeness (QED) is 0.806. The minimum absolute atomic E-state index is 0.403. The number of hydrogen-bond donors (Lipinski definition) is 0. The monoisotopic (exact) mass is 228 g/mol. The van der Waals surface area contributed by atoms with Crippen LogP contribution < -0.4 is 4.74 Å². The molecule has 17 heavy (non-hydrogen) atoms. The zero-order chi connectivity index (χ0) is 12.1. The molecule has 0 aliphatic heterocycles. The average Bonchev–Trinajstić information content (AvgIpc) is 2.40. The van der Waals surface area contributed by atoms with Crippen molar-refractivity contribution < 1.29 is 4.74 Å². The lowest BCUT2D eigenvalue weighted by Gasteiger charge is -2.04. The summed E-state index contributed by atoms with van der Waals surface area (Å²) in [7, 11) is 1.57. The fourth-order valence-corrected chi connectivity index (χ4v) is 1.73. The zero-order valence-electron chi connectivity index (χ0n) is 10.2. The van der Waals surface area contributed by atoms with Gasteiger partial charge in [-0.25, -0.2) is 4.98 Å². The van der Waals surface area contributed by atoms with Crippen LogP contribution in [0.5, 0.6) is 6.01 Å². The maximum Gasteiger partial charge on any atom is 0.316 e. The molecular weight excluding hydrogens is 212 g/mol. The van der Waals surface area contributed by atoms with E-state index >= 15 is 0 Å². The van der Waals surface area contributed by atoms with Gasteiger partial charge in [0.25, 0.3) is 0 Å². The van der Waals surface area contributed by atoms with Crippen molar-refractivity contribution >= 4 is 0 Å². The number of hydrogen-bond acceptors (Lipinski definition) is 3. The van der Waals surface area contributed by atoms with Crippen molar-refractivity contribution in [1.82, 2.24) is 9.97 Å².